The molecule has 2 aromatic carbocycles. The van der Waals surface area contributed by atoms with Gasteiger partial charge in [0.2, 0.25) is 0 Å². The van der Waals surface area contributed by atoms with E-state index in [1.165, 1.54) is 6.20 Å². The van der Waals surface area contributed by atoms with E-state index in [1.807, 2.05) is 23.8 Å². The third kappa shape index (κ3) is 8.32. The molecule has 0 saturated heterocycles. The zero-order chi connectivity index (χ0) is 26.0. The van der Waals surface area contributed by atoms with Gasteiger partial charge in [-0.2, -0.15) is 5.26 Å². The Morgan fingerprint density at radius 2 is 1.91 bits per heavy atom. The molecule has 35 heavy (non-hydrogen) atoms. The lowest BCUT2D eigenvalue weighted by atomic mass is 9.95. The van der Waals surface area contributed by atoms with E-state index in [9.17, 15) is 18.3 Å². The van der Waals surface area contributed by atoms with E-state index in [1.54, 1.807) is 68.5 Å². The standard InChI is InChI=1S/C25H29N5O4S/c1-5-19-12-21(18(2)16-31)14-22(13-19)24(28-23-8-6-20(15-26)7-9-23)25(32)29-35(33,34)17-27-10-11-30(3)4/h6-14,16-17,24,28,31H,5H2,1-4H3,(H,29,32)/b11-10-,18-16-,27-17?. The van der Waals surface area contributed by atoms with E-state index in [4.69, 9.17) is 5.26 Å². The molecule has 1 amide bonds. The molecule has 0 spiro atoms. The Morgan fingerprint density at radius 3 is 2.49 bits per heavy atom. The van der Waals surface area contributed by atoms with E-state index >= 15 is 0 Å². The Hall–Kier alpha value is -4.10. The summed E-state index contributed by atoms with van der Waals surface area (Å²) in [4.78, 5) is 18.6. The highest BCUT2D eigenvalue weighted by molar-refractivity contribution is 8.03. The molecule has 3 N–H and O–H groups in total. The summed E-state index contributed by atoms with van der Waals surface area (Å²) in [6, 6.07) is 12.8. The van der Waals surface area contributed by atoms with Crippen LogP contribution in [0.15, 0.2) is 66.1 Å². The van der Waals surface area contributed by atoms with Gasteiger partial charge in [0.15, 0.2) is 0 Å². The minimum Gasteiger partial charge on any atom is -0.515 e. The Labute approximate surface area is 206 Å². The molecule has 10 heteroatoms. The van der Waals surface area contributed by atoms with Gasteiger partial charge in [-0.25, -0.2) is 18.1 Å². The minimum atomic E-state index is -4.18. The molecule has 2 rings (SSSR count). The number of nitriles is 1. The van der Waals surface area contributed by atoms with E-state index in [0.717, 1.165) is 11.8 Å². The number of carbonyl (C=O) groups is 1. The Balaban J connectivity index is 2.47. The zero-order valence-corrected chi connectivity index (χ0v) is 20.9. The zero-order valence-electron chi connectivity index (χ0n) is 20.1. The van der Waals surface area contributed by atoms with E-state index in [2.05, 4.69) is 10.3 Å². The minimum absolute atomic E-state index is 0.445. The smallest absolute Gasteiger partial charge is 0.274 e. The number of amides is 1. The first-order valence-corrected chi connectivity index (χ1v) is 12.3. The van der Waals surface area contributed by atoms with Gasteiger partial charge in [0.25, 0.3) is 15.9 Å². The number of aliphatic hydroxyl groups is 1. The number of hydrogen-bond acceptors (Lipinski definition) is 8. The normalized spacial score (nSPS) is 12.9. The maximum Gasteiger partial charge on any atom is 0.274 e. The van der Waals surface area contributed by atoms with Crippen molar-refractivity contribution in [3.63, 3.8) is 0 Å². The number of benzene rings is 2. The van der Waals surface area contributed by atoms with Crippen LogP contribution < -0.4 is 10.0 Å². The van der Waals surface area contributed by atoms with Crippen molar-refractivity contribution >= 4 is 32.7 Å². The van der Waals surface area contributed by atoms with Crippen molar-refractivity contribution in [2.45, 2.75) is 26.3 Å². The second kappa shape index (κ2) is 12.4. The SMILES string of the molecule is CCc1cc(/C(C)=C\O)cc(C(Nc2ccc(C#N)cc2)C(=O)NS(=O)(=O)C=N/C=C\N(C)C)c1. The number of carbonyl (C=O) groups excluding carboxylic acids is 1. The lowest BCUT2D eigenvalue weighted by Gasteiger charge is -2.21. The number of rotatable bonds is 10. The summed E-state index contributed by atoms with van der Waals surface area (Å²) in [6.45, 7) is 3.68. The molecule has 0 bridgehead atoms. The van der Waals surface area contributed by atoms with Gasteiger partial charge in [0.1, 0.15) is 11.6 Å². The van der Waals surface area contributed by atoms with Crippen LogP contribution in [0.2, 0.25) is 0 Å². The van der Waals surface area contributed by atoms with Crippen LogP contribution in [0, 0.1) is 11.3 Å². The Morgan fingerprint density at radius 1 is 1.23 bits per heavy atom. The second-order valence-corrected chi connectivity index (χ2v) is 9.43. The number of aliphatic imine (C=N–C) groups is 1. The number of anilines is 1. The fraction of sp³-hybridized carbons (Fsp3) is 0.240. The summed E-state index contributed by atoms with van der Waals surface area (Å²) < 4.78 is 27.0. The molecule has 0 saturated carbocycles. The van der Waals surface area contributed by atoms with Crippen LogP contribution in [0.1, 0.15) is 42.1 Å². The number of sulfonamides is 1. The lowest BCUT2D eigenvalue weighted by molar-refractivity contribution is -0.120. The lowest BCUT2D eigenvalue weighted by Crippen LogP contribution is -2.38. The number of nitrogens with zero attached hydrogens (tertiary/aromatic N) is 3. The van der Waals surface area contributed by atoms with Crippen LogP contribution in [0.4, 0.5) is 5.69 Å². The first kappa shape index (κ1) is 27.1. The highest BCUT2D eigenvalue weighted by Crippen LogP contribution is 2.26. The van der Waals surface area contributed by atoms with Gasteiger partial charge < -0.3 is 15.3 Å². The molecule has 0 fully saturated rings. The van der Waals surface area contributed by atoms with Crippen LogP contribution in [-0.2, 0) is 21.2 Å². The average molecular weight is 496 g/mol. The number of aliphatic hydroxyl groups excluding tert-OH is 1. The number of hydrogen-bond donors (Lipinski definition) is 3. The molecule has 9 nitrogen and oxygen atoms in total. The van der Waals surface area contributed by atoms with Crippen LogP contribution in [0.25, 0.3) is 5.57 Å². The first-order valence-electron chi connectivity index (χ1n) is 10.7. The van der Waals surface area contributed by atoms with Crippen LogP contribution in [0.5, 0.6) is 0 Å². The largest absolute Gasteiger partial charge is 0.515 e. The van der Waals surface area contributed by atoms with Crippen molar-refractivity contribution in [1.82, 2.24) is 9.62 Å². The molecule has 184 valence electrons. The van der Waals surface area contributed by atoms with Crippen LogP contribution in [-0.4, -0.2) is 44.0 Å². The van der Waals surface area contributed by atoms with Crippen molar-refractivity contribution in [2.24, 2.45) is 4.99 Å². The van der Waals surface area contributed by atoms with Crippen molar-refractivity contribution in [3.8, 4) is 6.07 Å². The number of aryl methyl sites for hydroxylation is 1. The summed E-state index contributed by atoms with van der Waals surface area (Å²) in [5, 5.41) is 21.6. The van der Waals surface area contributed by atoms with Crippen LogP contribution >= 0.6 is 0 Å². The van der Waals surface area contributed by atoms with Gasteiger partial charge in [0, 0.05) is 32.2 Å². The van der Waals surface area contributed by atoms with Gasteiger partial charge in [0.05, 0.1) is 17.9 Å². The van der Waals surface area contributed by atoms with Crippen LogP contribution in [0.3, 0.4) is 0 Å². The average Bonchev–Trinajstić information content (AvgIpc) is 2.84. The van der Waals surface area contributed by atoms with Crippen molar-refractivity contribution in [1.29, 1.82) is 5.26 Å². The van der Waals surface area contributed by atoms with Gasteiger partial charge in [-0.3, -0.25) is 4.79 Å². The fourth-order valence-corrected chi connectivity index (χ4v) is 3.69. The molecule has 1 unspecified atom stereocenters. The summed E-state index contributed by atoms with van der Waals surface area (Å²) in [6.07, 6.45) is 4.48. The highest BCUT2D eigenvalue weighted by atomic mass is 32.2. The Kier molecular flexibility index (Phi) is 9.61. The topological polar surface area (TPSA) is 135 Å². The Bertz CT molecular complexity index is 1270. The monoisotopic (exact) mass is 495 g/mol. The van der Waals surface area contributed by atoms with E-state index < -0.39 is 22.0 Å². The molecule has 0 aromatic heterocycles. The quantitative estimate of drug-likeness (QED) is 0.260. The molecular formula is C25H29N5O4S. The maximum atomic E-state index is 13.2. The van der Waals surface area contributed by atoms with Crippen molar-refractivity contribution in [3.05, 3.63) is 83.4 Å². The third-order valence-corrected chi connectivity index (χ3v) is 5.77. The summed E-state index contributed by atoms with van der Waals surface area (Å²) in [5.41, 5.74) is 4.31. The first-order chi connectivity index (χ1) is 16.6. The summed E-state index contributed by atoms with van der Waals surface area (Å²) >= 11 is 0. The highest BCUT2D eigenvalue weighted by Gasteiger charge is 2.25. The van der Waals surface area contributed by atoms with Crippen molar-refractivity contribution < 1.29 is 18.3 Å². The summed E-state index contributed by atoms with van der Waals surface area (Å²) in [7, 11) is -0.661. The predicted molar refractivity (Wildman–Crippen MR) is 138 cm³/mol. The molecule has 0 aliphatic rings. The van der Waals surface area contributed by atoms with Crippen molar-refractivity contribution in [2.75, 3.05) is 19.4 Å². The second-order valence-electron chi connectivity index (χ2n) is 7.92. The fourth-order valence-electron chi connectivity index (χ4n) is 3.01. The molecule has 0 heterocycles. The maximum absolute atomic E-state index is 13.2. The molecule has 0 radical (unpaired) electrons. The number of nitrogens with one attached hydrogen (secondary N) is 2. The number of allylic oxidation sites excluding steroid dienone is 1. The molecule has 2 aromatic rings. The van der Waals surface area contributed by atoms with E-state index in [0.29, 0.717) is 39.9 Å². The third-order valence-electron chi connectivity index (χ3n) is 4.89. The van der Waals surface area contributed by atoms with Gasteiger partial charge in [-0.1, -0.05) is 19.1 Å². The molecular weight excluding hydrogens is 466 g/mol. The molecule has 0 aliphatic carbocycles. The van der Waals surface area contributed by atoms with Gasteiger partial charge in [-0.05, 0) is 65.9 Å². The van der Waals surface area contributed by atoms with Gasteiger partial charge in [-0.15, -0.1) is 0 Å². The molecule has 0 aliphatic heterocycles. The summed E-state index contributed by atoms with van der Waals surface area (Å²) in [5.74, 6) is -0.817. The van der Waals surface area contributed by atoms with E-state index in [-0.39, 0.29) is 0 Å². The molecule has 1 atom stereocenters. The predicted octanol–water partition coefficient (Wildman–Crippen LogP) is 3.70. The van der Waals surface area contributed by atoms with Gasteiger partial charge >= 0.3 is 0 Å².